The monoisotopic (exact) mass is 435 g/mol. The van der Waals surface area contributed by atoms with E-state index in [1.54, 1.807) is 18.2 Å². The van der Waals surface area contributed by atoms with E-state index >= 15 is 0 Å². The van der Waals surface area contributed by atoms with Crippen molar-refractivity contribution in [2.45, 2.75) is 39.2 Å². The first-order valence-corrected chi connectivity index (χ1v) is 11.3. The number of aryl methyl sites for hydroxylation is 1. The predicted molar refractivity (Wildman–Crippen MR) is 123 cm³/mol. The van der Waals surface area contributed by atoms with E-state index in [1.807, 2.05) is 4.90 Å². The van der Waals surface area contributed by atoms with Gasteiger partial charge in [0.05, 0.1) is 11.8 Å². The first-order chi connectivity index (χ1) is 15.5. The summed E-state index contributed by atoms with van der Waals surface area (Å²) >= 11 is 0. The van der Waals surface area contributed by atoms with E-state index in [9.17, 15) is 9.18 Å². The van der Waals surface area contributed by atoms with Gasteiger partial charge in [-0.05, 0) is 29.2 Å². The Kier molecular flexibility index (Phi) is 7.00. The number of amides is 1. The molecule has 5 nitrogen and oxygen atoms in total. The maximum Gasteiger partial charge on any atom is 0.223 e. The van der Waals surface area contributed by atoms with Crippen molar-refractivity contribution in [2.24, 2.45) is 0 Å². The van der Waals surface area contributed by atoms with Crippen LogP contribution >= 0.6 is 0 Å². The van der Waals surface area contributed by atoms with E-state index in [0.29, 0.717) is 36.0 Å². The summed E-state index contributed by atoms with van der Waals surface area (Å²) in [4.78, 5) is 21.2. The number of piperazine rings is 1. The maximum absolute atomic E-state index is 13.9. The third kappa shape index (κ3) is 5.43. The van der Waals surface area contributed by atoms with Crippen LogP contribution in [-0.4, -0.2) is 46.9 Å². The van der Waals surface area contributed by atoms with Crippen molar-refractivity contribution in [1.82, 2.24) is 14.8 Å². The Morgan fingerprint density at radius 2 is 1.78 bits per heavy atom. The third-order valence-electron chi connectivity index (χ3n) is 6.02. The highest BCUT2D eigenvalue weighted by Crippen LogP contribution is 2.24. The summed E-state index contributed by atoms with van der Waals surface area (Å²) in [6.45, 7) is 8.52. The van der Waals surface area contributed by atoms with Crippen molar-refractivity contribution in [3.63, 3.8) is 0 Å². The van der Waals surface area contributed by atoms with Gasteiger partial charge >= 0.3 is 0 Å². The molecular formula is C26H30FN3O2. The van der Waals surface area contributed by atoms with E-state index in [1.165, 1.54) is 23.4 Å². The van der Waals surface area contributed by atoms with E-state index in [0.717, 1.165) is 32.7 Å². The average molecular weight is 436 g/mol. The molecule has 0 saturated carbocycles. The van der Waals surface area contributed by atoms with Gasteiger partial charge in [-0.3, -0.25) is 9.69 Å². The lowest BCUT2D eigenvalue weighted by atomic mass is 10.0. The summed E-state index contributed by atoms with van der Waals surface area (Å²) in [5, 5.41) is 0. The molecule has 0 aliphatic carbocycles. The lowest BCUT2D eigenvalue weighted by molar-refractivity contribution is -0.133. The highest BCUT2D eigenvalue weighted by molar-refractivity contribution is 5.76. The average Bonchev–Trinajstić information content (AvgIpc) is 3.27. The van der Waals surface area contributed by atoms with Crippen molar-refractivity contribution in [2.75, 3.05) is 26.2 Å². The van der Waals surface area contributed by atoms with Crippen LogP contribution in [0.25, 0.3) is 11.3 Å². The van der Waals surface area contributed by atoms with Crippen LogP contribution in [0.1, 0.15) is 43.2 Å². The fourth-order valence-electron chi connectivity index (χ4n) is 4.00. The highest BCUT2D eigenvalue weighted by Gasteiger charge is 2.21. The second-order valence-corrected chi connectivity index (χ2v) is 8.65. The summed E-state index contributed by atoms with van der Waals surface area (Å²) in [6.07, 6.45) is 2.27. The SMILES string of the molecule is CC(C)c1ccc(CN2CCN(C(=O)CCc3ncc(-c4ccccc4F)o3)CC2)cc1. The number of rotatable bonds is 7. The minimum absolute atomic E-state index is 0.108. The Morgan fingerprint density at radius 3 is 2.47 bits per heavy atom. The van der Waals surface area contributed by atoms with Crippen molar-refractivity contribution in [1.29, 1.82) is 0 Å². The number of hydrogen-bond acceptors (Lipinski definition) is 4. The predicted octanol–water partition coefficient (Wildman–Crippen LogP) is 4.88. The summed E-state index contributed by atoms with van der Waals surface area (Å²) < 4.78 is 19.6. The van der Waals surface area contributed by atoms with Gasteiger partial charge in [-0.25, -0.2) is 9.37 Å². The number of carbonyl (C=O) groups is 1. The Hall–Kier alpha value is -2.99. The number of benzene rings is 2. The molecule has 1 saturated heterocycles. The first kappa shape index (κ1) is 22.2. The quantitative estimate of drug-likeness (QED) is 0.531. The topological polar surface area (TPSA) is 49.6 Å². The summed E-state index contributed by atoms with van der Waals surface area (Å²) in [5.74, 6) is 1.15. The highest BCUT2D eigenvalue weighted by atomic mass is 19.1. The van der Waals surface area contributed by atoms with Gasteiger partial charge in [-0.2, -0.15) is 0 Å². The maximum atomic E-state index is 13.9. The second kappa shape index (κ2) is 10.1. The van der Waals surface area contributed by atoms with Gasteiger partial charge in [-0.15, -0.1) is 0 Å². The summed E-state index contributed by atoms with van der Waals surface area (Å²) in [5.41, 5.74) is 3.05. The molecule has 1 aliphatic heterocycles. The zero-order valence-corrected chi connectivity index (χ0v) is 18.8. The number of nitrogens with zero attached hydrogens (tertiary/aromatic N) is 3. The van der Waals surface area contributed by atoms with Crippen LogP contribution in [0.2, 0.25) is 0 Å². The van der Waals surface area contributed by atoms with Crippen molar-refractivity contribution < 1.29 is 13.6 Å². The smallest absolute Gasteiger partial charge is 0.223 e. The number of halogens is 1. The van der Waals surface area contributed by atoms with E-state index < -0.39 is 0 Å². The van der Waals surface area contributed by atoms with E-state index in [2.05, 4.69) is 48.0 Å². The van der Waals surface area contributed by atoms with Crippen molar-refractivity contribution in [3.8, 4) is 11.3 Å². The van der Waals surface area contributed by atoms with Crippen LogP contribution in [0.5, 0.6) is 0 Å². The third-order valence-corrected chi connectivity index (χ3v) is 6.02. The van der Waals surface area contributed by atoms with Gasteiger partial charge in [0.2, 0.25) is 5.91 Å². The molecule has 0 radical (unpaired) electrons. The minimum Gasteiger partial charge on any atom is -0.441 e. The molecule has 1 amide bonds. The number of carbonyl (C=O) groups excluding carboxylic acids is 1. The largest absolute Gasteiger partial charge is 0.441 e. The second-order valence-electron chi connectivity index (χ2n) is 8.65. The van der Waals surface area contributed by atoms with Crippen LogP contribution in [0.3, 0.4) is 0 Å². The van der Waals surface area contributed by atoms with Crippen LogP contribution in [0, 0.1) is 5.82 Å². The van der Waals surface area contributed by atoms with Crippen molar-refractivity contribution in [3.05, 3.63) is 77.6 Å². The number of hydrogen-bond donors (Lipinski definition) is 0. The fourth-order valence-corrected chi connectivity index (χ4v) is 4.00. The van der Waals surface area contributed by atoms with E-state index in [4.69, 9.17) is 4.42 Å². The molecule has 0 bridgehead atoms. The molecule has 1 aromatic heterocycles. The molecule has 1 aliphatic rings. The zero-order chi connectivity index (χ0) is 22.5. The Bertz CT molecular complexity index is 1040. The number of aromatic nitrogens is 1. The molecule has 0 spiro atoms. The van der Waals surface area contributed by atoms with E-state index in [-0.39, 0.29) is 11.7 Å². The van der Waals surface area contributed by atoms with Crippen LogP contribution in [0.15, 0.2) is 59.1 Å². The van der Waals surface area contributed by atoms with Gasteiger partial charge in [-0.1, -0.05) is 50.2 Å². The molecule has 168 valence electrons. The molecule has 4 rings (SSSR count). The van der Waals surface area contributed by atoms with Gasteiger partial charge in [0.15, 0.2) is 11.7 Å². The molecule has 3 aromatic rings. The molecule has 0 unspecified atom stereocenters. The molecule has 6 heteroatoms. The Labute approximate surface area is 188 Å². The molecule has 2 heterocycles. The minimum atomic E-state index is -0.347. The molecular weight excluding hydrogens is 405 g/mol. The number of oxazole rings is 1. The lowest BCUT2D eigenvalue weighted by Crippen LogP contribution is -2.48. The summed E-state index contributed by atoms with van der Waals surface area (Å²) in [7, 11) is 0. The zero-order valence-electron chi connectivity index (χ0n) is 18.8. The molecule has 32 heavy (non-hydrogen) atoms. The molecule has 0 atom stereocenters. The van der Waals surface area contributed by atoms with Crippen LogP contribution < -0.4 is 0 Å². The standard InChI is InChI=1S/C26H30FN3O2/c1-19(2)21-9-7-20(8-10-21)18-29-13-15-30(16-14-29)26(31)12-11-25-28-17-24(32-25)22-5-3-4-6-23(22)27/h3-10,17,19H,11-16,18H2,1-2H3. The first-order valence-electron chi connectivity index (χ1n) is 11.3. The summed E-state index contributed by atoms with van der Waals surface area (Å²) in [6, 6.07) is 15.3. The lowest BCUT2D eigenvalue weighted by Gasteiger charge is -2.34. The van der Waals surface area contributed by atoms with Crippen molar-refractivity contribution >= 4 is 5.91 Å². The van der Waals surface area contributed by atoms with Crippen LogP contribution in [0.4, 0.5) is 4.39 Å². The Balaban J connectivity index is 1.23. The van der Waals surface area contributed by atoms with Gasteiger partial charge in [0, 0.05) is 45.6 Å². The normalized spacial score (nSPS) is 14.8. The Morgan fingerprint density at radius 1 is 1.06 bits per heavy atom. The van der Waals surface area contributed by atoms with Crippen LogP contribution in [-0.2, 0) is 17.8 Å². The fraction of sp³-hybridized carbons (Fsp3) is 0.385. The van der Waals surface area contributed by atoms with Gasteiger partial charge in [0.1, 0.15) is 5.82 Å². The molecule has 2 aromatic carbocycles. The van der Waals surface area contributed by atoms with Gasteiger partial charge < -0.3 is 9.32 Å². The van der Waals surface area contributed by atoms with Gasteiger partial charge in [0.25, 0.3) is 0 Å². The molecule has 1 fully saturated rings. The molecule has 0 N–H and O–H groups in total.